The Morgan fingerprint density at radius 1 is 1.15 bits per heavy atom. The Bertz CT molecular complexity index is 912. The molecule has 7 heteroatoms. The van der Waals surface area contributed by atoms with Gasteiger partial charge < -0.3 is 14.0 Å². The first-order valence-electron chi connectivity index (χ1n) is 8.03. The predicted molar refractivity (Wildman–Crippen MR) is 99.0 cm³/mol. The fraction of sp³-hybridized carbons (Fsp3) is 0.316. The van der Waals surface area contributed by atoms with Gasteiger partial charge in [0, 0.05) is 37.0 Å². The number of fused-ring (bicyclic) bond motifs is 1. The quantitative estimate of drug-likeness (QED) is 0.626. The molecular formula is C19H21ClF2N2O2. The number of ether oxygens (including phenoxy) is 2. The summed E-state index contributed by atoms with van der Waals surface area (Å²) < 4.78 is 39.7. The molecule has 0 atom stereocenters. The van der Waals surface area contributed by atoms with Crippen LogP contribution in [-0.4, -0.2) is 23.3 Å². The van der Waals surface area contributed by atoms with Gasteiger partial charge in [-0.25, -0.2) is 8.78 Å². The number of halogens is 3. The van der Waals surface area contributed by atoms with E-state index in [9.17, 15) is 8.78 Å². The smallest absolute Gasteiger partial charge is 0.167 e. The van der Waals surface area contributed by atoms with Crippen LogP contribution in [0, 0.1) is 25.5 Å². The van der Waals surface area contributed by atoms with Crippen molar-refractivity contribution in [1.82, 2.24) is 9.55 Å². The molecule has 4 nitrogen and oxygen atoms in total. The van der Waals surface area contributed by atoms with E-state index in [1.165, 1.54) is 17.7 Å². The lowest BCUT2D eigenvalue weighted by Crippen LogP contribution is -2.09. The van der Waals surface area contributed by atoms with Crippen LogP contribution in [0.4, 0.5) is 8.78 Å². The minimum atomic E-state index is -0.727. The zero-order chi connectivity index (χ0) is 18.0. The molecule has 0 spiro atoms. The molecule has 0 N–H and O–H groups in total. The van der Waals surface area contributed by atoms with Crippen molar-refractivity contribution < 1.29 is 18.3 Å². The van der Waals surface area contributed by atoms with Gasteiger partial charge in [0.25, 0.3) is 0 Å². The van der Waals surface area contributed by atoms with Gasteiger partial charge in [-0.2, -0.15) is 0 Å². The van der Waals surface area contributed by atoms with Crippen LogP contribution in [0.1, 0.15) is 17.0 Å². The van der Waals surface area contributed by atoms with Crippen LogP contribution in [0.2, 0.25) is 0 Å². The molecule has 2 aromatic heterocycles. The van der Waals surface area contributed by atoms with Gasteiger partial charge in [-0.05, 0) is 37.6 Å². The van der Waals surface area contributed by atoms with Crippen molar-refractivity contribution >= 4 is 23.3 Å². The fourth-order valence-corrected chi connectivity index (χ4v) is 2.97. The van der Waals surface area contributed by atoms with E-state index in [1.54, 1.807) is 13.3 Å². The third kappa shape index (κ3) is 3.81. The molecule has 0 saturated heterocycles. The van der Waals surface area contributed by atoms with E-state index in [2.05, 4.69) is 23.4 Å². The number of pyridine rings is 1. The number of benzene rings is 1. The van der Waals surface area contributed by atoms with E-state index in [-0.39, 0.29) is 24.8 Å². The highest BCUT2D eigenvalue weighted by Gasteiger charge is 2.16. The van der Waals surface area contributed by atoms with Crippen LogP contribution in [-0.2, 0) is 17.9 Å². The van der Waals surface area contributed by atoms with Gasteiger partial charge in [0.15, 0.2) is 11.6 Å². The van der Waals surface area contributed by atoms with Crippen LogP contribution in [0.25, 0.3) is 10.9 Å². The van der Waals surface area contributed by atoms with Gasteiger partial charge in [0.05, 0.1) is 12.1 Å². The zero-order valence-electron chi connectivity index (χ0n) is 14.9. The first-order valence-corrected chi connectivity index (χ1v) is 8.03. The second-order valence-electron chi connectivity index (χ2n) is 5.87. The maximum absolute atomic E-state index is 13.8. The summed E-state index contributed by atoms with van der Waals surface area (Å²) in [6, 6.07) is 5.22. The van der Waals surface area contributed by atoms with Crippen LogP contribution in [0.5, 0.6) is 5.75 Å². The highest BCUT2D eigenvalue weighted by molar-refractivity contribution is 5.87. The van der Waals surface area contributed by atoms with Gasteiger partial charge in [0.2, 0.25) is 0 Å². The lowest BCUT2D eigenvalue weighted by Gasteiger charge is -2.12. The number of methoxy groups -OCH3 is 1. The monoisotopic (exact) mass is 382 g/mol. The number of hydrogen-bond acceptors (Lipinski definition) is 3. The summed E-state index contributed by atoms with van der Waals surface area (Å²) >= 11 is 0. The lowest BCUT2D eigenvalue weighted by atomic mass is 10.2. The van der Waals surface area contributed by atoms with Crippen LogP contribution >= 0.6 is 12.4 Å². The van der Waals surface area contributed by atoms with Crippen molar-refractivity contribution in [2.75, 3.05) is 13.7 Å². The number of rotatable bonds is 6. The van der Waals surface area contributed by atoms with Gasteiger partial charge in [-0.3, -0.25) is 4.98 Å². The average molecular weight is 383 g/mol. The summed E-state index contributed by atoms with van der Waals surface area (Å²) in [5.41, 5.74) is 3.96. The molecule has 0 amide bonds. The molecule has 3 aromatic rings. The molecular weight excluding hydrogens is 362 g/mol. The topological polar surface area (TPSA) is 36.3 Å². The number of nitrogens with zero attached hydrogens (tertiary/aromatic N) is 2. The predicted octanol–water partition coefficient (Wildman–Crippen LogP) is 4.58. The molecule has 3 rings (SSSR count). The van der Waals surface area contributed by atoms with Crippen molar-refractivity contribution in [2.45, 2.75) is 27.0 Å². The molecule has 0 unspecified atom stereocenters. The molecule has 26 heavy (non-hydrogen) atoms. The Labute approximate surface area is 157 Å². The Morgan fingerprint density at radius 2 is 1.92 bits per heavy atom. The van der Waals surface area contributed by atoms with E-state index < -0.39 is 11.6 Å². The molecule has 2 heterocycles. The zero-order valence-corrected chi connectivity index (χ0v) is 15.7. The summed E-state index contributed by atoms with van der Waals surface area (Å²) in [4.78, 5) is 4.41. The van der Waals surface area contributed by atoms with E-state index in [0.29, 0.717) is 18.8 Å². The number of aromatic nitrogens is 2. The van der Waals surface area contributed by atoms with Crippen molar-refractivity contribution in [3.8, 4) is 5.75 Å². The van der Waals surface area contributed by atoms with E-state index >= 15 is 0 Å². The summed E-state index contributed by atoms with van der Waals surface area (Å²) in [6.45, 7) is 5.47. The van der Waals surface area contributed by atoms with E-state index in [1.807, 2.05) is 6.07 Å². The average Bonchev–Trinajstić information content (AvgIpc) is 2.84. The van der Waals surface area contributed by atoms with Crippen molar-refractivity contribution in [2.24, 2.45) is 0 Å². The normalized spacial score (nSPS) is 10.8. The summed E-state index contributed by atoms with van der Waals surface area (Å²) in [5.74, 6) is -1.36. The van der Waals surface area contributed by atoms with Crippen molar-refractivity contribution in [3.63, 3.8) is 0 Å². The molecule has 0 fully saturated rings. The summed E-state index contributed by atoms with van der Waals surface area (Å²) in [5, 5.41) is 1.08. The third-order valence-electron chi connectivity index (χ3n) is 4.40. The molecule has 0 aliphatic rings. The molecule has 0 radical (unpaired) electrons. The minimum Gasteiger partial charge on any atom is -0.484 e. The third-order valence-corrected chi connectivity index (χ3v) is 4.40. The Morgan fingerprint density at radius 3 is 2.62 bits per heavy atom. The van der Waals surface area contributed by atoms with Crippen LogP contribution in [0.3, 0.4) is 0 Å². The second-order valence-corrected chi connectivity index (χ2v) is 5.87. The molecule has 0 saturated carbocycles. The Hall–Kier alpha value is -2.18. The Kier molecular flexibility index (Phi) is 6.56. The van der Waals surface area contributed by atoms with Gasteiger partial charge in [0.1, 0.15) is 18.1 Å². The van der Waals surface area contributed by atoms with E-state index in [0.717, 1.165) is 22.7 Å². The molecule has 1 aromatic carbocycles. The molecule has 0 bridgehead atoms. The SMILES string of the molecule is COCCn1c(C)c(C)c2ccnc(COc3ccc(F)cc3F)c21.Cl. The van der Waals surface area contributed by atoms with Crippen molar-refractivity contribution in [1.29, 1.82) is 0 Å². The lowest BCUT2D eigenvalue weighted by molar-refractivity contribution is 0.187. The summed E-state index contributed by atoms with van der Waals surface area (Å²) in [6.07, 6.45) is 1.72. The van der Waals surface area contributed by atoms with Crippen LogP contribution < -0.4 is 4.74 Å². The minimum absolute atomic E-state index is 0. The largest absolute Gasteiger partial charge is 0.484 e. The van der Waals surface area contributed by atoms with Crippen LogP contribution in [0.15, 0.2) is 30.5 Å². The molecule has 140 valence electrons. The molecule has 0 aliphatic carbocycles. The van der Waals surface area contributed by atoms with Gasteiger partial charge >= 0.3 is 0 Å². The highest BCUT2D eigenvalue weighted by atomic mass is 35.5. The summed E-state index contributed by atoms with van der Waals surface area (Å²) in [7, 11) is 1.66. The maximum atomic E-state index is 13.8. The first-order chi connectivity index (χ1) is 12.0. The highest BCUT2D eigenvalue weighted by Crippen LogP contribution is 2.28. The number of hydrogen-bond donors (Lipinski definition) is 0. The van der Waals surface area contributed by atoms with Crippen molar-refractivity contribution in [3.05, 3.63) is 59.0 Å². The van der Waals surface area contributed by atoms with E-state index in [4.69, 9.17) is 9.47 Å². The van der Waals surface area contributed by atoms with Gasteiger partial charge in [-0.1, -0.05) is 0 Å². The maximum Gasteiger partial charge on any atom is 0.167 e. The molecule has 0 aliphatic heterocycles. The second kappa shape index (κ2) is 8.47. The Balaban J connectivity index is 0.00000243. The van der Waals surface area contributed by atoms with Gasteiger partial charge in [-0.15, -0.1) is 12.4 Å². The standard InChI is InChI=1S/C19H20F2N2O2.ClH/c1-12-13(2)23(8-9-24-3)19-15(12)6-7-22-17(19)11-25-18-5-4-14(20)10-16(18)21;/h4-7,10H,8-9,11H2,1-3H3;1H. The fourth-order valence-electron chi connectivity index (χ4n) is 2.97. The number of aryl methyl sites for hydroxylation is 1. The first kappa shape index (κ1) is 20.1.